The minimum atomic E-state index is -0.479. The number of carbonyl (C=O) groups is 1. The first-order valence-corrected chi connectivity index (χ1v) is 9.84. The first-order valence-electron chi connectivity index (χ1n) is 9.84. The van der Waals surface area contributed by atoms with Crippen LogP contribution in [0.4, 0.5) is 23.5 Å². The molecule has 9 nitrogen and oxygen atoms in total. The van der Waals surface area contributed by atoms with E-state index < -0.39 is 5.91 Å². The number of hydrogen-bond donors (Lipinski definition) is 5. The van der Waals surface area contributed by atoms with Crippen molar-refractivity contribution in [2.45, 2.75) is 40.2 Å². The van der Waals surface area contributed by atoms with E-state index in [0.29, 0.717) is 23.4 Å². The largest absolute Gasteiger partial charge is 0.366 e. The second-order valence-corrected chi connectivity index (χ2v) is 8.57. The Hall–Kier alpha value is -2.94. The van der Waals surface area contributed by atoms with Crippen molar-refractivity contribution in [1.29, 1.82) is 0 Å². The summed E-state index contributed by atoms with van der Waals surface area (Å²) in [6.45, 7) is 10.9. The summed E-state index contributed by atoms with van der Waals surface area (Å²) in [5.41, 5.74) is 7.59. The van der Waals surface area contributed by atoms with Crippen molar-refractivity contribution < 1.29 is 4.79 Å². The molecule has 0 spiro atoms. The Morgan fingerprint density at radius 1 is 1.21 bits per heavy atom. The molecular formula is C20H30N8O. The van der Waals surface area contributed by atoms with Crippen LogP contribution in [0.15, 0.2) is 18.2 Å². The summed E-state index contributed by atoms with van der Waals surface area (Å²) >= 11 is 0. The normalized spacial score (nSPS) is 16.5. The number of amides is 1. The number of hydrogen-bond acceptors (Lipinski definition) is 8. The molecule has 1 aliphatic heterocycles. The molecule has 0 bridgehead atoms. The number of primary amides is 1. The van der Waals surface area contributed by atoms with E-state index in [0.717, 1.165) is 37.3 Å². The van der Waals surface area contributed by atoms with E-state index in [1.165, 1.54) is 0 Å². The van der Waals surface area contributed by atoms with Crippen LogP contribution >= 0.6 is 0 Å². The molecule has 0 saturated carbocycles. The van der Waals surface area contributed by atoms with Gasteiger partial charge >= 0.3 is 0 Å². The summed E-state index contributed by atoms with van der Waals surface area (Å²) in [5.74, 6) is 0.924. The molecule has 1 fully saturated rings. The third-order valence-corrected chi connectivity index (χ3v) is 4.57. The lowest BCUT2D eigenvalue weighted by Gasteiger charge is -2.20. The molecule has 9 heteroatoms. The fourth-order valence-electron chi connectivity index (χ4n) is 2.91. The van der Waals surface area contributed by atoms with Gasteiger partial charge in [-0.3, -0.25) is 4.79 Å². The number of nitrogens with two attached hydrogens (primary N) is 1. The maximum Gasteiger partial charge on any atom is 0.248 e. The van der Waals surface area contributed by atoms with Gasteiger partial charge in [-0.05, 0) is 43.0 Å². The maximum atomic E-state index is 11.5. The van der Waals surface area contributed by atoms with Crippen molar-refractivity contribution in [1.82, 2.24) is 20.3 Å². The van der Waals surface area contributed by atoms with Crippen molar-refractivity contribution in [2.75, 3.05) is 35.6 Å². The van der Waals surface area contributed by atoms with Gasteiger partial charge in [0, 0.05) is 30.4 Å². The summed E-state index contributed by atoms with van der Waals surface area (Å²) in [5, 5.41) is 13.2. The van der Waals surface area contributed by atoms with Crippen LogP contribution in [-0.2, 0) is 0 Å². The molecule has 1 atom stereocenters. The maximum absolute atomic E-state index is 11.5. The number of nitrogens with one attached hydrogen (secondary N) is 4. The summed E-state index contributed by atoms with van der Waals surface area (Å²) in [6.07, 6.45) is 1.01. The molecule has 0 radical (unpaired) electrons. The fraction of sp³-hybridized carbons (Fsp3) is 0.500. The van der Waals surface area contributed by atoms with Crippen molar-refractivity contribution in [3.8, 4) is 0 Å². The smallest absolute Gasteiger partial charge is 0.248 e. The third-order valence-electron chi connectivity index (χ3n) is 4.57. The zero-order chi connectivity index (χ0) is 21.0. The van der Waals surface area contributed by atoms with Gasteiger partial charge in [0.2, 0.25) is 23.8 Å². The van der Waals surface area contributed by atoms with E-state index in [1.807, 2.05) is 13.0 Å². The molecule has 1 aromatic carbocycles. The molecule has 1 aromatic heterocycles. The lowest BCUT2D eigenvalue weighted by molar-refractivity contribution is 0.100. The average Bonchev–Trinajstić information content (AvgIpc) is 3.14. The van der Waals surface area contributed by atoms with Gasteiger partial charge < -0.3 is 27.0 Å². The Bertz CT molecular complexity index is 871. The standard InChI is InChI=1S/C20H30N8O/c1-12-5-6-13(16(21)29)9-15(12)25-19-27-17(23-11-20(2,3)4)26-18(28-19)24-14-7-8-22-10-14/h5-6,9,14,22H,7-8,10-11H2,1-4H3,(H2,21,29)(H3,23,24,25,26,27,28)/t14-/m0/s1. The van der Waals surface area contributed by atoms with Crippen LogP contribution in [0.5, 0.6) is 0 Å². The minimum Gasteiger partial charge on any atom is -0.366 e. The Labute approximate surface area is 171 Å². The van der Waals surface area contributed by atoms with Crippen LogP contribution in [0.2, 0.25) is 0 Å². The number of nitrogens with zero attached hydrogens (tertiary/aromatic N) is 3. The SMILES string of the molecule is Cc1ccc(C(N)=O)cc1Nc1nc(NCC(C)(C)C)nc(N[C@H]2CCNC2)n1. The van der Waals surface area contributed by atoms with Crippen molar-refractivity contribution in [3.63, 3.8) is 0 Å². The van der Waals surface area contributed by atoms with Gasteiger partial charge in [-0.2, -0.15) is 15.0 Å². The Balaban J connectivity index is 1.87. The van der Waals surface area contributed by atoms with Gasteiger partial charge in [0.05, 0.1) is 0 Å². The van der Waals surface area contributed by atoms with Crippen LogP contribution in [-0.4, -0.2) is 46.5 Å². The third kappa shape index (κ3) is 6.02. The molecule has 1 saturated heterocycles. The van der Waals surface area contributed by atoms with Gasteiger partial charge in [-0.15, -0.1) is 0 Å². The lowest BCUT2D eigenvalue weighted by Crippen LogP contribution is -2.25. The monoisotopic (exact) mass is 398 g/mol. The second-order valence-electron chi connectivity index (χ2n) is 8.57. The molecule has 2 heterocycles. The molecule has 3 rings (SSSR count). The van der Waals surface area contributed by atoms with E-state index in [9.17, 15) is 4.79 Å². The summed E-state index contributed by atoms with van der Waals surface area (Å²) in [6, 6.07) is 5.52. The van der Waals surface area contributed by atoms with E-state index >= 15 is 0 Å². The molecule has 156 valence electrons. The second kappa shape index (κ2) is 8.60. The highest BCUT2D eigenvalue weighted by Crippen LogP contribution is 2.22. The van der Waals surface area contributed by atoms with E-state index in [2.05, 4.69) is 57.0 Å². The molecule has 1 amide bonds. The molecule has 0 aliphatic carbocycles. The van der Waals surface area contributed by atoms with Gasteiger partial charge in [0.25, 0.3) is 0 Å². The highest BCUT2D eigenvalue weighted by atomic mass is 16.1. The number of carbonyl (C=O) groups excluding carboxylic acids is 1. The lowest BCUT2D eigenvalue weighted by atomic mass is 9.97. The Morgan fingerprint density at radius 3 is 2.59 bits per heavy atom. The average molecular weight is 399 g/mol. The number of rotatable bonds is 7. The first kappa shape index (κ1) is 20.8. The van der Waals surface area contributed by atoms with Crippen LogP contribution in [0.1, 0.15) is 43.1 Å². The zero-order valence-corrected chi connectivity index (χ0v) is 17.5. The topological polar surface area (TPSA) is 130 Å². The number of benzene rings is 1. The highest BCUT2D eigenvalue weighted by Gasteiger charge is 2.18. The number of anilines is 4. The van der Waals surface area contributed by atoms with Gasteiger partial charge in [-0.1, -0.05) is 26.8 Å². The predicted octanol–water partition coefficient (Wildman–Crippen LogP) is 2.25. The van der Waals surface area contributed by atoms with Crippen LogP contribution in [0.25, 0.3) is 0 Å². The summed E-state index contributed by atoms with van der Waals surface area (Å²) < 4.78 is 0. The first-order chi connectivity index (χ1) is 13.7. The van der Waals surface area contributed by atoms with Crippen molar-refractivity contribution in [3.05, 3.63) is 29.3 Å². The minimum absolute atomic E-state index is 0.0790. The van der Waals surface area contributed by atoms with Crippen LogP contribution < -0.4 is 27.0 Å². The molecule has 29 heavy (non-hydrogen) atoms. The summed E-state index contributed by atoms with van der Waals surface area (Å²) in [4.78, 5) is 25.1. The van der Waals surface area contributed by atoms with Crippen LogP contribution in [0.3, 0.4) is 0 Å². The van der Waals surface area contributed by atoms with Gasteiger partial charge in [0.15, 0.2) is 0 Å². The molecule has 2 aromatic rings. The quantitative estimate of drug-likeness (QED) is 0.480. The fourth-order valence-corrected chi connectivity index (χ4v) is 2.91. The van der Waals surface area contributed by atoms with Gasteiger partial charge in [0.1, 0.15) is 0 Å². The molecule has 1 aliphatic rings. The van der Waals surface area contributed by atoms with E-state index in [-0.39, 0.29) is 11.5 Å². The summed E-state index contributed by atoms with van der Waals surface area (Å²) in [7, 11) is 0. The molecule has 0 unspecified atom stereocenters. The van der Waals surface area contributed by atoms with Crippen molar-refractivity contribution >= 4 is 29.4 Å². The number of aryl methyl sites for hydroxylation is 1. The molecule has 6 N–H and O–H groups in total. The van der Waals surface area contributed by atoms with E-state index in [1.54, 1.807) is 12.1 Å². The van der Waals surface area contributed by atoms with Crippen molar-refractivity contribution in [2.24, 2.45) is 11.1 Å². The molecular weight excluding hydrogens is 368 g/mol. The Kier molecular flexibility index (Phi) is 6.17. The van der Waals surface area contributed by atoms with Gasteiger partial charge in [-0.25, -0.2) is 0 Å². The Morgan fingerprint density at radius 2 is 1.93 bits per heavy atom. The highest BCUT2D eigenvalue weighted by molar-refractivity contribution is 5.94. The van der Waals surface area contributed by atoms with E-state index in [4.69, 9.17) is 5.73 Å². The predicted molar refractivity (Wildman–Crippen MR) is 116 cm³/mol. The zero-order valence-electron chi connectivity index (χ0n) is 17.5. The van der Waals surface area contributed by atoms with Crippen LogP contribution in [0, 0.1) is 12.3 Å². The number of aromatic nitrogens is 3.